The molecule has 1 aromatic carbocycles. The number of rotatable bonds is 2. The molecule has 0 bridgehead atoms. The maximum Gasteiger partial charge on any atom is 0.272 e. The van der Waals surface area contributed by atoms with Gasteiger partial charge < -0.3 is 15.4 Å². The first-order valence-electron chi connectivity index (χ1n) is 8.21. The summed E-state index contributed by atoms with van der Waals surface area (Å²) >= 11 is 0. The van der Waals surface area contributed by atoms with Crippen molar-refractivity contribution in [3.63, 3.8) is 0 Å². The van der Waals surface area contributed by atoms with Crippen molar-refractivity contribution in [2.24, 2.45) is 0 Å². The summed E-state index contributed by atoms with van der Waals surface area (Å²) in [4.78, 5) is 16.9. The predicted octanol–water partition coefficient (Wildman–Crippen LogP) is 0.890. The Bertz CT molecular complexity index is 717. The molecule has 0 saturated carbocycles. The van der Waals surface area contributed by atoms with Gasteiger partial charge in [-0.3, -0.25) is 14.8 Å². The number of nitrogens with one attached hydrogen (secondary N) is 1. The molecular weight excluding hydrogens is 306 g/mol. The zero-order valence-electron chi connectivity index (χ0n) is 13.4. The van der Waals surface area contributed by atoms with Gasteiger partial charge in [-0.1, -0.05) is 30.3 Å². The average Bonchev–Trinajstić information content (AvgIpc) is 3.07. The summed E-state index contributed by atoms with van der Waals surface area (Å²) in [5.74, 6) is 0.280. The molecule has 0 unspecified atom stereocenters. The number of fused-ring (bicyclic) bond motifs is 1. The average molecular weight is 327 g/mol. The molecule has 1 amide bonds. The van der Waals surface area contributed by atoms with Gasteiger partial charge in [0.15, 0.2) is 0 Å². The Morgan fingerprint density at radius 1 is 1.25 bits per heavy atom. The second-order valence-electron chi connectivity index (χ2n) is 6.31. The van der Waals surface area contributed by atoms with E-state index in [1.165, 1.54) is 5.56 Å². The highest BCUT2D eigenvalue weighted by atomic mass is 16.5. The Balaban J connectivity index is 1.48. The lowest BCUT2D eigenvalue weighted by Crippen LogP contribution is -2.60. The fraction of sp³-hybridized carbons (Fsp3) is 0.412. The van der Waals surface area contributed by atoms with Crippen molar-refractivity contribution in [2.75, 3.05) is 38.6 Å². The Morgan fingerprint density at radius 2 is 2.08 bits per heavy atom. The lowest BCUT2D eigenvalue weighted by molar-refractivity contribution is -0.0770. The fourth-order valence-electron chi connectivity index (χ4n) is 3.60. The molecule has 7 heteroatoms. The number of carbonyl (C=O) groups is 1. The molecule has 3 N–H and O–H groups in total. The molecular formula is C17H21N5O2. The summed E-state index contributed by atoms with van der Waals surface area (Å²) in [6.07, 6.45) is 0. The molecule has 2 atom stereocenters. The Morgan fingerprint density at radius 3 is 2.83 bits per heavy atom. The van der Waals surface area contributed by atoms with Gasteiger partial charge in [-0.25, -0.2) is 0 Å². The Labute approximate surface area is 140 Å². The van der Waals surface area contributed by atoms with E-state index in [1.54, 1.807) is 6.07 Å². The molecule has 24 heavy (non-hydrogen) atoms. The number of nitrogen functional groups attached to an aromatic ring is 1. The standard InChI is InChI=1S/C17H21N5O2/c18-16-8-14(19-20-16)17(23)21-6-7-22-13(9-21)10-24-11-15(22)12-4-2-1-3-5-12/h1-5,8,13,15H,6-7,9-11H2,(H3,18,19,20)/t13-,15-/m1/s1. The highest BCUT2D eigenvalue weighted by Gasteiger charge is 2.37. The van der Waals surface area contributed by atoms with Gasteiger partial charge in [-0.05, 0) is 5.56 Å². The van der Waals surface area contributed by atoms with Crippen molar-refractivity contribution < 1.29 is 9.53 Å². The van der Waals surface area contributed by atoms with E-state index in [0.717, 1.165) is 6.54 Å². The van der Waals surface area contributed by atoms with Crippen LogP contribution in [0.5, 0.6) is 0 Å². The minimum absolute atomic E-state index is 0.0549. The molecule has 2 aromatic rings. The van der Waals surface area contributed by atoms with E-state index in [9.17, 15) is 4.79 Å². The van der Waals surface area contributed by atoms with Crippen molar-refractivity contribution in [1.29, 1.82) is 0 Å². The summed E-state index contributed by atoms with van der Waals surface area (Å²) in [5.41, 5.74) is 7.30. The third-order valence-corrected chi connectivity index (χ3v) is 4.81. The molecule has 2 fully saturated rings. The van der Waals surface area contributed by atoms with Crippen LogP contribution in [0.25, 0.3) is 0 Å². The van der Waals surface area contributed by atoms with E-state index in [1.807, 2.05) is 11.0 Å². The Kier molecular flexibility index (Phi) is 3.95. The summed E-state index contributed by atoms with van der Waals surface area (Å²) in [5, 5.41) is 6.53. The van der Waals surface area contributed by atoms with Crippen molar-refractivity contribution >= 4 is 11.7 Å². The van der Waals surface area contributed by atoms with Crippen LogP contribution in [0.3, 0.4) is 0 Å². The molecule has 0 aliphatic carbocycles. The maximum absolute atomic E-state index is 12.6. The first kappa shape index (κ1) is 15.2. The molecule has 126 valence electrons. The quantitative estimate of drug-likeness (QED) is 0.855. The molecule has 2 aliphatic rings. The van der Waals surface area contributed by atoms with Gasteiger partial charge in [0.05, 0.1) is 25.3 Å². The summed E-state index contributed by atoms with van der Waals surface area (Å²) in [6, 6.07) is 12.5. The third kappa shape index (κ3) is 2.76. The molecule has 4 rings (SSSR count). The SMILES string of the molecule is Nc1cc(C(=O)N2CCN3[C@@H](COC[C@@H]3c3ccccc3)C2)[nH]n1. The highest BCUT2D eigenvalue weighted by Crippen LogP contribution is 2.29. The number of hydrogen-bond acceptors (Lipinski definition) is 5. The second-order valence-corrected chi connectivity index (χ2v) is 6.31. The number of benzene rings is 1. The number of aromatic nitrogens is 2. The number of carbonyl (C=O) groups excluding carboxylic acids is 1. The van der Waals surface area contributed by atoms with E-state index >= 15 is 0 Å². The molecule has 2 saturated heterocycles. The van der Waals surface area contributed by atoms with Crippen molar-refractivity contribution in [1.82, 2.24) is 20.0 Å². The number of nitrogens with zero attached hydrogens (tertiary/aromatic N) is 3. The number of morpholine rings is 1. The van der Waals surface area contributed by atoms with Gasteiger partial charge >= 0.3 is 0 Å². The van der Waals surface area contributed by atoms with Gasteiger partial charge in [0.2, 0.25) is 0 Å². The van der Waals surface area contributed by atoms with Gasteiger partial charge in [-0.15, -0.1) is 0 Å². The molecule has 2 aliphatic heterocycles. The van der Waals surface area contributed by atoms with Crippen LogP contribution in [0, 0.1) is 0 Å². The van der Waals surface area contributed by atoms with Gasteiger partial charge in [-0.2, -0.15) is 5.10 Å². The van der Waals surface area contributed by atoms with Crippen LogP contribution >= 0.6 is 0 Å². The van der Waals surface area contributed by atoms with Crippen LogP contribution in [0.2, 0.25) is 0 Å². The van der Waals surface area contributed by atoms with Crippen molar-refractivity contribution in [3.8, 4) is 0 Å². The van der Waals surface area contributed by atoms with Crippen LogP contribution in [0.1, 0.15) is 22.1 Å². The monoisotopic (exact) mass is 327 g/mol. The second kappa shape index (κ2) is 6.26. The Hall–Kier alpha value is -2.38. The van der Waals surface area contributed by atoms with Gasteiger partial charge in [0, 0.05) is 25.7 Å². The molecule has 1 aromatic heterocycles. The molecule has 7 nitrogen and oxygen atoms in total. The van der Waals surface area contributed by atoms with E-state index in [-0.39, 0.29) is 18.0 Å². The van der Waals surface area contributed by atoms with Gasteiger partial charge in [0.1, 0.15) is 11.5 Å². The number of anilines is 1. The number of nitrogens with two attached hydrogens (primary N) is 1. The number of piperazine rings is 1. The predicted molar refractivity (Wildman–Crippen MR) is 89.4 cm³/mol. The van der Waals surface area contributed by atoms with Gasteiger partial charge in [0.25, 0.3) is 5.91 Å². The number of hydrogen-bond donors (Lipinski definition) is 2. The minimum atomic E-state index is -0.0549. The van der Waals surface area contributed by atoms with Crippen LogP contribution in [0.15, 0.2) is 36.4 Å². The highest BCUT2D eigenvalue weighted by molar-refractivity contribution is 5.93. The molecule has 0 spiro atoms. The molecule has 0 radical (unpaired) electrons. The molecule has 3 heterocycles. The minimum Gasteiger partial charge on any atom is -0.382 e. The number of H-pyrrole nitrogens is 1. The lowest BCUT2D eigenvalue weighted by Gasteiger charge is -2.48. The normalized spacial score (nSPS) is 24.6. The van der Waals surface area contributed by atoms with Crippen molar-refractivity contribution in [2.45, 2.75) is 12.1 Å². The summed E-state index contributed by atoms with van der Waals surface area (Å²) in [6.45, 7) is 3.53. The number of aromatic amines is 1. The largest absolute Gasteiger partial charge is 0.382 e. The third-order valence-electron chi connectivity index (χ3n) is 4.81. The van der Waals surface area contributed by atoms with E-state index in [2.05, 4.69) is 39.4 Å². The van der Waals surface area contributed by atoms with E-state index in [4.69, 9.17) is 10.5 Å². The van der Waals surface area contributed by atoms with E-state index < -0.39 is 0 Å². The van der Waals surface area contributed by atoms with Crippen molar-refractivity contribution in [3.05, 3.63) is 47.7 Å². The van der Waals surface area contributed by atoms with Crippen LogP contribution < -0.4 is 5.73 Å². The topological polar surface area (TPSA) is 87.5 Å². The zero-order chi connectivity index (χ0) is 16.5. The van der Waals surface area contributed by atoms with Crippen LogP contribution in [-0.4, -0.2) is 64.8 Å². The van der Waals surface area contributed by atoms with Crippen LogP contribution in [0.4, 0.5) is 5.82 Å². The fourth-order valence-corrected chi connectivity index (χ4v) is 3.60. The number of ether oxygens (including phenoxy) is 1. The smallest absolute Gasteiger partial charge is 0.272 e. The first-order chi connectivity index (χ1) is 11.7. The summed E-state index contributed by atoms with van der Waals surface area (Å²) < 4.78 is 5.82. The zero-order valence-corrected chi connectivity index (χ0v) is 13.4. The lowest BCUT2D eigenvalue weighted by atomic mass is 10.00. The summed E-state index contributed by atoms with van der Waals surface area (Å²) in [7, 11) is 0. The van der Waals surface area contributed by atoms with E-state index in [0.29, 0.717) is 37.8 Å². The maximum atomic E-state index is 12.6. The first-order valence-corrected chi connectivity index (χ1v) is 8.21. The van der Waals surface area contributed by atoms with Crippen LogP contribution in [-0.2, 0) is 4.74 Å². The number of amides is 1.